The molecule has 0 unspecified atom stereocenters. The Morgan fingerprint density at radius 1 is 1.41 bits per heavy atom. The van der Waals surface area contributed by atoms with E-state index in [9.17, 15) is 4.79 Å². The summed E-state index contributed by atoms with van der Waals surface area (Å²) >= 11 is 0. The van der Waals surface area contributed by atoms with E-state index in [-0.39, 0.29) is 11.4 Å². The summed E-state index contributed by atoms with van der Waals surface area (Å²) in [5, 5.41) is 3.27. The molecule has 0 aliphatic rings. The molecule has 0 atom stereocenters. The molecule has 0 radical (unpaired) electrons. The van der Waals surface area contributed by atoms with Gasteiger partial charge in [0, 0.05) is 17.6 Å². The van der Waals surface area contributed by atoms with Crippen molar-refractivity contribution in [3.05, 3.63) is 29.8 Å². The van der Waals surface area contributed by atoms with Crippen molar-refractivity contribution in [3.8, 4) is 0 Å². The second kappa shape index (κ2) is 5.71. The Kier molecular flexibility index (Phi) is 4.55. The predicted octanol–water partition coefficient (Wildman–Crippen LogP) is 2.96. The first kappa shape index (κ1) is 13.6. The molecule has 0 spiro atoms. The van der Waals surface area contributed by atoms with Crippen molar-refractivity contribution < 1.29 is 9.53 Å². The van der Waals surface area contributed by atoms with E-state index < -0.39 is 0 Å². The summed E-state index contributed by atoms with van der Waals surface area (Å²) in [5.41, 5.74) is 2.02. The van der Waals surface area contributed by atoms with E-state index in [0.717, 1.165) is 17.8 Å². The van der Waals surface area contributed by atoms with E-state index in [1.807, 2.05) is 18.2 Å². The molecular formula is C14H21NO2. The van der Waals surface area contributed by atoms with Crippen LogP contribution in [0.5, 0.6) is 0 Å². The van der Waals surface area contributed by atoms with Gasteiger partial charge in [-0.3, -0.25) is 4.79 Å². The van der Waals surface area contributed by atoms with Crippen LogP contribution in [-0.4, -0.2) is 19.6 Å². The summed E-state index contributed by atoms with van der Waals surface area (Å²) in [6.07, 6.45) is 0.388. The largest absolute Gasteiger partial charge is 0.469 e. The molecule has 0 saturated carbocycles. The van der Waals surface area contributed by atoms with Crippen molar-refractivity contribution in [2.75, 3.05) is 19.0 Å². The molecule has 1 N–H and O–H groups in total. The van der Waals surface area contributed by atoms with Crippen LogP contribution >= 0.6 is 0 Å². The summed E-state index contributed by atoms with van der Waals surface area (Å²) < 4.78 is 4.73. The van der Waals surface area contributed by atoms with Crippen LogP contribution in [-0.2, 0) is 14.9 Å². The number of ether oxygens (including phenoxy) is 1. The molecule has 0 aliphatic heterocycles. The van der Waals surface area contributed by atoms with Crippen molar-refractivity contribution in [1.29, 1.82) is 0 Å². The third-order valence-electron chi connectivity index (χ3n) is 2.84. The number of hydrogen-bond acceptors (Lipinski definition) is 3. The van der Waals surface area contributed by atoms with Crippen LogP contribution in [0.3, 0.4) is 0 Å². The Bertz CT molecular complexity index is 386. The Balaban J connectivity index is 2.89. The van der Waals surface area contributed by atoms with Crippen LogP contribution in [0.1, 0.15) is 32.8 Å². The highest BCUT2D eigenvalue weighted by Gasteiger charge is 2.24. The lowest BCUT2D eigenvalue weighted by atomic mass is 9.81. The maximum Gasteiger partial charge on any atom is 0.306 e. The van der Waals surface area contributed by atoms with Crippen LogP contribution in [0, 0.1) is 0 Å². The van der Waals surface area contributed by atoms with Gasteiger partial charge >= 0.3 is 5.97 Å². The van der Waals surface area contributed by atoms with E-state index in [0.29, 0.717) is 6.42 Å². The number of benzene rings is 1. The second-order valence-corrected chi connectivity index (χ2v) is 4.75. The summed E-state index contributed by atoms with van der Waals surface area (Å²) in [6.45, 7) is 7.05. The van der Waals surface area contributed by atoms with E-state index in [1.54, 1.807) is 0 Å². The molecule has 0 heterocycles. The van der Waals surface area contributed by atoms with Gasteiger partial charge in [0.25, 0.3) is 0 Å². The molecule has 1 aromatic rings. The molecule has 3 nitrogen and oxygen atoms in total. The summed E-state index contributed by atoms with van der Waals surface area (Å²) in [4.78, 5) is 11.4. The second-order valence-electron chi connectivity index (χ2n) is 4.75. The van der Waals surface area contributed by atoms with Gasteiger partial charge in [0.15, 0.2) is 0 Å². The topological polar surface area (TPSA) is 38.3 Å². The van der Waals surface area contributed by atoms with Gasteiger partial charge in [-0.15, -0.1) is 0 Å². The van der Waals surface area contributed by atoms with Crippen LogP contribution in [0.15, 0.2) is 24.3 Å². The Morgan fingerprint density at radius 3 is 2.71 bits per heavy atom. The number of rotatable bonds is 5. The maximum absolute atomic E-state index is 11.4. The SMILES string of the molecule is CCNc1cccc(C(C)(C)CC(=O)OC)c1. The lowest BCUT2D eigenvalue weighted by Crippen LogP contribution is -2.22. The number of carbonyl (C=O) groups is 1. The van der Waals surface area contributed by atoms with Crippen molar-refractivity contribution in [2.24, 2.45) is 0 Å². The minimum absolute atomic E-state index is 0.177. The summed E-state index contributed by atoms with van der Waals surface area (Å²) in [7, 11) is 1.42. The number of methoxy groups -OCH3 is 1. The minimum Gasteiger partial charge on any atom is -0.469 e. The first-order valence-electron chi connectivity index (χ1n) is 5.91. The number of esters is 1. The fourth-order valence-electron chi connectivity index (χ4n) is 1.79. The molecule has 0 aromatic heterocycles. The van der Waals surface area contributed by atoms with Crippen LogP contribution in [0.25, 0.3) is 0 Å². The van der Waals surface area contributed by atoms with Crippen molar-refractivity contribution in [2.45, 2.75) is 32.6 Å². The third-order valence-corrected chi connectivity index (χ3v) is 2.84. The average Bonchev–Trinajstić information content (AvgIpc) is 2.29. The van der Waals surface area contributed by atoms with Gasteiger partial charge in [-0.05, 0) is 24.6 Å². The van der Waals surface area contributed by atoms with Crippen LogP contribution < -0.4 is 5.32 Å². The molecule has 1 rings (SSSR count). The first-order valence-corrected chi connectivity index (χ1v) is 5.91. The Labute approximate surface area is 103 Å². The molecule has 3 heteroatoms. The Hall–Kier alpha value is -1.51. The molecule has 17 heavy (non-hydrogen) atoms. The average molecular weight is 235 g/mol. The van der Waals surface area contributed by atoms with E-state index in [2.05, 4.69) is 32.2 Å². The van der Waals surface area contributed by atoms with E-state index >= 15 is 0 Å². The van der Waals surface area contributed by atoms with Gasteiger partial charge in [0.05, 0.1) is 13.5 Å². The van der Waals surface area contributed by atoms with Crippen LogP contribution in [0.4, 0.5) is 5.69 Å². The zero-order valence-corrected chi connectivity index (χ0v) is 11.0. The normalized spacial score (nSPS) is 11.1. The number of anilines is 1. The van der Waals surface area contributed by atoms with Crippen molar-refractivity contribution in [1.82, 2.24) is 0 Å². The number of hydrogen-bond donors (Lipinski definition) is 1. The monoisotopic (exact) mass is 235 g/mol. The minimum atomic E-state index is -0.210. The molecule has 0 aliphatic carbocycles. The van der Waals surface area contributed by atoms with Gasteiger partial charge in [0.2, 0.25) is 0 Å². The molecule has 1 aromatic carbocycles. The quantitative estimate of drug-likeness (QED) is 0.797. The van der Waals surface area contributed by atoms with Gasteiger partial charge in [-0.1, -0.05) is 26.0 Å². The van der Waals surface area contributed by atoms with Crippen molar-refractivity contribution >= 4 is 11.7 Å². The van der Waals surface area contributed by atoms with Gasteiger partial charge in [-0.25, -0.2) is 0 Å². The molecule has 0 bridgehead atoms. The van der Waals surface area contributed by atoms with Gasteiger partial charge < -0.3 is 10.1 Å². The zero-order chi connectivity index (χ0) is 12.9. The lowest BCUT2D eigenvalue weighted by Gasteiger charge is -2.24. The smallest absolute Gasteiger partial charge is 0.306 e. The third kappa shape index (κ3) is 3.77. The number of nitrogens with one attached hydrogen (secondary N) is 1. The highest BCUT2D eigenvalue weighted by atomic mass is 16.5. The highest BCUT2D eigenvalue weighted by Crippen LogP contribution is 2.29. The molecule has 0 saturated heterocycles. The molecular weight excluding hydrogens is 214 g/mol. The highest BCUT2D eigenvalue weighted by molar-refractivity contribution is 5.71. The number of carbonyl (C=O) groups excluding carboxylic acids is 1. The standard InChI is InChI=1S/C14H21NO2/c1-5-15-12-8-6-7-11(9-12)14(2,3)10-13(16)17-4/h6-9,15H,5,10H2,1-4H3. The summed E-state index contributed by atoms with van der Waals surface area (Å²) in [6, 6.07) is 8.17. The predicted molar refractivity (Wildman–Crippen MR) is 70.3 cm³/mol. The van der Waals surface area contributed by atoms with Gasteiger partial charge in [0.1, 0.15) is 0 Å². The fourth-order valence-corrected chi connectivity index (χ4v) is 1.79. The summed E-state index contributed by atoms with van der Waals surface area (Å²) in [5.74, 6) is -0.177. The lowest BCUT2D eigenvalue weighted by molar-refractivity contribution is -0.141. The molecule has 0 fully saturated rings. The van der Waals surface area contributed by atoms with Gasteiger partial charge in [-0.2, -0.15) is 0 Å². The van der Waals surface area contributed by atoms with Crippen LogP contribution in [0.2, 0.25) is 0 Å². The fraction of sp³-hybridized carbons (Fsp3) is 0.500. The zero-order valence-electron chi connectivity index (χ0n) is 11.0. The molecule has 0 amide bonds. The maximum atomic E-state index is 11.4. The first-order chi connectivity index (χ1) is 7.99. The Morgan fingerprint density at radius 2 is 2.12 bits per heavy atom. The van der Waals surface area contributed by atoms with E-state index in [4.69, 9.17) is 4.74 Å². The van der Waals surface area contributed by atoms with Crippen molar-refractivity contribution in [3.63, 3.8) is 0 Å². The van der Waals surface area contributed by atoms with E-state index in [1.165, 1.54) is 7.11 Å². The molecule has 94 valence electrons.